The molecular weight excluding hydrogens is 292 g/mol. The van der Waals surface area contributed by atoms with Gasteiger partial charge in [0.1, 0.15) is 5.75 Å². The Morgan fingerprint density at radius 1 is 1.30 bits per heavy atom. The highest BCUT2D eigenvalue weighted by Crippen LogP contribution is 2.37. The van der Waals surface area contributed by atoms with Gasteiger partial charge >= 0.3 is 0 Å². The van der Waals surface area contributed by atoms with Crippen molar-refractivity contribution in [1.29, 1.82) is 0 Å². The maximum atomic E-state index is 12.5. The van der Waals surface area contributed by atoms with Gasteiger partial charge in [-0.2, -0.15) is 0 Å². The molecule has 120 valence electrons. The minimum absolute atomic E-state index is 0.0983. The van der Waals surface area contributed by atoms with Crippen LogP contribution in [0.1, 0.15) is 47.3 Å². The van der Waals surface area contributed by atoms with E-state index in [4.69, 9.17) is 9.26 Å². The van der Waals surface area contributed by atoms with Gasteiger partial charge in [0.15, 0.2) is 11.5 Å². The predicted octanol–water partition coefficient (Wildman–Crippen LogP) is 3.12. The van der Waals surface area contributed by atoms with Crippen molar-refractivity contribution in [1.82, 2.24) is 10.5 Å². The van der Waals surface area contributed by atoms with Crippen LogP contribution in [-0.4, -0.2) is 24.2 Å². The summed E-state index contributed by atoms with van der Waals surface area (Å²) in [6.07, 6.45) is 6.15. The van der Waals surface area contributed by atoms with Crippen LogP contribution >= 0.6 is 0 Å². The van der Waals surface area contributed by atoms with E-state index in [1.807, 2.05) is 18.2 Å². The number of ether oxygens (including phenoxy) is 1. The van der Waals surface area contributed by atoms with Crippen LogP contribution in [0.15, 0.2) is 22.7 Å². The molecule has 1 N–H and O–H groups in total. The molecule has 0 spiro atoms. The fourth-order valence-electron chi connectivity index (χ4n) is 3.64. The lowest BCUT2D eigenvalue weighted by Crippen LogP contribution is -2.33. The fraction of sp³-hybridized carbons (Fsp3) is 0.444. The molecule has 4 rings (SSSR count). The quantitative estimate of drug-likeness (QED) is 0.945. The Kier molecular flexibility index (Phi) is 3.56. The number of amides is 1. The number of benzene rings is 1. The van der Waals surface area contributed by atoms with Gasteiger partial charge in [0, 0.05) is 17.2 Å². The number of nitrogens with zero attached hydrogens (tertiary/aromatic N) is 1. The van der Waals surface area contributed by atoms with E-state index < -0.39 is 0 Å². The van der Waals surface area contributed by atoms with Crippen molar-refractivity contribution in [2.24, 2.45) is 0 Å². The molecule has 1 aromatic carbocycles. The summed E-state index contributed by atoms with van der Waals surface area (Å²) in [7, 11) is 1.66. The smallest absolute Gasteiger partial charge is 0.273 e. The van der Waals surface area contributed by atoms with Gasteiger partial charge in [0.05, 0.1) is 7.11 Å². The number of hydrogen-bond acceptors (Lipinski definition) is 4. The zero-order chi connectivity index (χ0) is 15.8. The van der Waals surface area contributed by atoms with E-state index in [-0.39, 0.29) is 11.9 Å². The molecule has 0 bridgehead atoms. The molecule has 2 aliphatic rings. The van der Waals surface area contributed by atoms with E-state index in [2.05, 4.69) is 10.5 Å². The lowest BCUT2D eigenvalue weighted by atomic mass is 9.89. The van der Waals surface area contributed by atoms with E-state index >= 15 is 0 Å². The number of aromatic nitrogens is 1. The molecular formula is C18H20N2O3. The standard InChI is InChI=1S/C18H20N2O3/c1-22-13-7-9-14-11(10-13)6-8-15-16(20-23-17(14)15)18(21)19-12-4-2-3-5-12/h7,9-10,12H,2-6,8H2,1H3,(H,19,21). The monoisotopic (exact) mass is 312 g/mol. The SMILES string of the molecule is COc1ccc2c(c1)CCc1c(C(=O)NC3CCCC3)noc1-2. The second-order valence-electron chi connectivity index (χ2n) is 6.32. The van der Waals surface area contributed by atoms with Crippen molar-refractivity contribution in [2.45, 2.75) is 44.6 Å². The Balaban J connectivity index is 1.63. The molecule has 1 amide bonds. The predicted molar refractivity (Wildman–Crippen MR) is 85.6 cm³/mol. The molecule has 5 heteroatoms. The number of aryl methyl sites for hydroxylation is 1. The molecule has 2 aliphatic carbocycles. The summed E-state index contributed by atoms with van der Waals surface area (Å²) >= 11 is 0. The molecule has 1 fully saturated rings. The average Bonchev–Trinajstić information content (AvgIpc) is 3.23. The third-order valence-corrected chi connectivity index (χ3v) is 4.89. The largest absolute Gasteiger partial charge is 0.497 e. The van der Waals surface area contributed by atoms with Gasteiger partial charge in [-0.05, 0) is 49.4 Å². The van der Waals surface area contributed by atoms with Crippen LogP contribution in [0.4, 0.5) is 0 Å². The summed E-state index contributed by atoms with van der Waals surface area (Å²) in [5.74, 6) is 1.47. The first-order valence-electron chi connectivity index (χ1n) is 8.23. The Bertz CT molecular complexity index is 745. The summed E-state index contributed by atoms with van der Waals surface area (Å²) in [5, 5.41) is 7.16. The molecule has 1 aromatic heterocycles. The number of carbonyl (C=O) groups excluding carboxylic acids is 1. The molecule has 2 aromatic rings. The second kappa shape index (κ2) is 5.72. The molecule has 0 saturated heterocycles. The van der Waals surface area contributed by atoms with E-state index in [1.54, 1.807) is 7.11 Å². The van der Waals surface area contributed by atoms with Crippen molar-refractivity contribution in [3.05, 3.63) is 35.0 Å². The van der Waals surface area contributed by atoms with Gasteiger partial charge in [-0.1, -0.05) is 18.0 Å². The number of fused-ring (bicyclic) bond motifs is 3. The number of carbonyl (C=O) groups is 1. The van der Waals surface area contributed by atoms with Crippen LogP contribution < -0.4 is 10.1 Å². The maximum Gasteiger partial charge on any atom is 0.273 e. The van der Waals surface area contributed by atoms with Crippen molar-refractivity contribution >= 4 is 5.91 Å². The lowest BCUT2D eigenvalue weighted by molar-refractivity contribution is 0.0928. The minimum atomic E-state index is -0.0983. The van der Waals surface area contributed by atoms with E-state index in [0.29, 0.717) is 5.69 Å². The highest BCUT2D eigenvalue weighted by Gasteiger charge is 2.29. The number of methoxy groups -OCH3 is 1. The molecule has 0 atom stereocenters. The fourth-order valence-corrected chi connectivity index (χ4v) is 3.64. The van der Waals surface area contributed by atoms with Gasteiger partial charge in [0.2, 0.25) is 0 Å². The number of hydrogen-bond donors (Lipinski definition) is 1. The Morgan fingerprint density at radius 3 is 2.91 bits per heavy atom. The van der Waals surface area contributed by atoms with Gasteiger partial charge in [-0.3, -0.25) is 4.79 Å². The van der Waals surface area contributed by atoms with Gasteiger partial charge in [-0.15, -0.1) is 0 Å². The zero-order valence-electron chi connectivity index (χ0n) is 13.2. The number of nitrogens with one attached hydrogen (secondary N) is 1. The van der Waals surface area contributed by atoms with Crippen molar-refractivity contribution < 1.29 is 14.1 Å². The summed E-state index contributed by atoms with van der Waals surface area (Å²) in [4.78, 5) is 12.5. The minimum Gasteiger partial charge on any atom is -0.497 e. The molecule has 23 heavy (non-hydrogen) atoms. The Labute approximate surface area is 135 Å². The van der Waals surface area contributed by atoms with Crippen LogP contribution in [0.3, 0.4) is 0 Å². The molecule has 0 radical (unpaired) electrons. The van der Waals surface area contributed by atoms with Crippen molar-refractivity contribution in [3.63, 3.8) is 0 Å². The lowest BCUT2D eigenvalue weighted by Gasteiger charge is -2.16. The normalized spacial score (nSPS) is 16.7. The van der Waals surface area contributed by atoms with E-state index in [9.17, 15) is 4.79 Å². The molecule has 5 nitrogen and oxygen atoms in total. The maximum absolute atomic E-state index is 12.5. The van der Waals surface area contributed by atoms with Crippen LogP contribution in [0.2, 0.25) is 0 Å². The topological polar surface area (TPSA) is 64.4 Å². The molecule has 1 heterocycles. The zero-order valence-corrected chi connectivity index (χ0v) is 13.2. The summed E-state index contributed by atoms with van der Waals surface area (Å²) in [6, 6.07) is 6.21. The average molecular weight is 312 g/mol. The van der Waals surface area contributed by atoms with Crippen LogP contribution in [-0.2, 0) is 12.8 Å². The van der Waals surface area contributed by atoms with E-state index in [0.717, 1.165) is 48.3 Å². The molecule has 0 aliphatic heterocycles. The van der Waals surface area contributed by atoms with Gasteiger partial charge in [-0.25, -0.2) is 0 Å². The highest BCUT2D eigenvalue weighted by atomic mass is 16.5. The van der Waals surface area contributed by atoms with E-state index in [1.165, 1.54) is 18.4 Å². The first-order chi connectivity index (χ1) is 11.3. The second-order valence-corrected chi connectivity index (χ2v) is 6.32. The first-order valence-corrected chi connectivity index (χ1v) is 8.23. The summed E-state index contributed by atoms with van der Waals surface area (Å²) in [6.45, 7) is 0. The van der Waals surface area contributed by atoms with Crippen LogP contribution in [0.5, 0.6) is 5.75 Å². The Hall–Kier alpha value is -2.30. The van der Waals surface area contributed by atoms with Crippen LogP contribution in [0, 0.1) is 0 Å². The molecule has 0 unspecified atom stereocenters. The van der Waals surface area contributed by atoms with Crippen LogP contribution in [0.25, 0.3) is 11.3 Å². The summed E-state index contributed by atoms with van der Waals surface area (Å²) < 4.78 is 10.8. The van der Waals surface area contributed by atoms with Gasteiger partial charge in [0.25, 0.3) is 5.91 Å². The first kappa shape index (κ1) is 14.3. The third kappa shape index (κ3) is 2.50. The highest BCUT2D eigenvalue weighted by molar-refractivity contribution is 5.95. The van der Waals surface area contributed by atoms with Crippen molar-refractivity contribution in [3.8, 4) is 17.1 Å². The molecule has 1 saturated carbocycles. The van der Waals surface area contributed by atoms with Crippen molar-refractivity contribution in [2.75, 3.05) is 7.11 Å². The number of rotatable bonds is 3. The summed E-state index contributed by atoms with van der Waals surface area (Å²) in [5.41, 5.74) is 3.57. The third-order valence-electron chi connectivity index (χ3n) is 4.89. The van der Waals surface area contributed by atoms with Gasteiger partial charge < -0.3 is 14.6 Å². The Morgan fingerprint density at radius 2 is 2.13 bits per heavy atom.